The van der Waals surface area contributed by atoms with Gasteiger partial charge in [-0.25, -0.2) is 9.98 Å². The first kappa shape index (κ1) is 19.5. The van der Waals surface area contributed by atoms with Crippen LogP contribution >= 0.6 is 0 Å². The van der Waals surface area contributed by atoms with Crippen LogP contribution in [0.15, 0.2) is 52.1 Å². The summed E-state index contributed by atoms with van der Waals surface area (Å²) < 4.78 is 7.83. The first-order chi connectivity index (χ1) is 14.3. The maximum absolute atomic E-state index is 5.72. The molecule has 3 aromatic rings. The lowest BCUT2D eigenvalue weighted by Crippen LogP contribution is -2.42. The van der Waals surface area contributed by atoms with Crippen LogP contribution in [0.3, 0.4) is 0 Å². The molecule has 7 heteroatoms. The molecule has 154 valence electrons. The molecule has 0 bridgehead atoms. The van der Waals surface area contributed by atoms with E-state index in [1.165, 1.54) is 12.8 Å². The van der Waals surface area contributed by atoms with Crippen molar-refractivity contribution < 1.29 is 4.42 Å². The van der Waals surface area contributed by atoms with Crippen LogP contribution in [-0.2, 0) is 13.6 Å². The van der Waals surface area contributed by atoms with Gasteiger partial charge in [0.15, 0.2) is 5.96 Å². The molecule has 2 N–H and O–H groups in total. The van der Waals surface area contributed by atoms with Crippen molar-refractivity contribution in [2.45, 2.75) is 32.4 Å². The Labute approximate surface area is 171 Å². The smallest absolute Gasteiger partial charge is 0.191 e. The van der Waals surface area contributed by atoms with E-state index in [1.54, 1.807) is 6.26 Å². The highest BCUT2D eigenvalue weighted by molar-refractivity contribution is 5.80. The lowest BCUT2D eigenvalue weighted by molar-refractivity contribution is 0.215. The summed E-state index contributed by atoms with van der Waals surface area (Å²) in [4.78, 5) is 12.0. The molecule has 4 rings (SSSR count). The fourth-order valence-corrected chi connectivity index (χ4v) is 3.97. The van der Waals surface area contributed by atoms with Crippen molar-refractivity contribution >= 4 is 17.0 Å². The van der Waals surface area contributed by atoms with Gasteiger partial charge in [-0.15, -0.1) is 0 Å². The normalized spacial score (nSPS) is 16.4. The van der Waals surface area contributed by atoms with E-state index in [0.29, 0.717) is 6.54 Å². The molecule has 0 amide bonds. The van der Waals surface area contributed by atoms with Gasteiger partial charge in [-0.3, -0.25) is 4.90 Å². The number of para-hydroxylation sites is 2. The maximum Gasteiger partial charge on any atom is 0.191 e. The number of aliphatic imine (C=N–C) groups is 1. The third kappa shape index (κ3) is 4.45. The van der Waals surface area contributed by atoms with Gasteiger partial charge in [0.25, 0.3) is 0 Å². The van der Waals surface area contributed by atoms with E-state index in [4.69, 9.17) is 14.4 Å². The number of guanidine groups is 1. The zero-order valence-electron chi connectivity index (χ0n) is 17.3. The first-order valence-electron chi connectivity index (χ1n) is 10.5. The van der Waals surface area contributed by atoms with Gasteiger partial charge in [-0.1, -0.05) is 12.1 Å². The van der Waals surface area contributed by atoms with Crippen LogP contribution in [0.4, 0.5) is 0 Å². The molecule has 0 spiro atoms. The SMILES string of the molecule is CCNC(=NCc1nc2ccccc2n1C)NCC(c1ccco1)N1CCCC1. The lowest BCUT2D eigenvalue weighted by atomic mass is 10.2. The second kappa shape index (κ2) is 9.13. The van der Waals surface area contributed by atoms with Crippen LogP contribution in [0.2, 0.25) is 0 Å². The Morgan fingerprint density at radius 2 is 2.00 bits per heavy atom. The third-order valence-corrected chi connectivity index (χ3v) is 5.52. The minimum Gasteiger partial charge on any atom is -0.468 e. The summed E-state index contributed by atoms with van der Waals surface area (Å²) in [6.45, 7) is 6.39. The quantitative estimate of drug-likeness (QED) is 0.476. The zero-order valence-corrected chi connectivity index (χ0v) is 17.3. The summed E-state index contributed by atoms with van der Waals surface area (Å²) >= 11 is 0. The summed E-state index contributed by atoms with van der Waals surface area (Å²) in [5.74, 6) is 2.76. The number of likely N-dealkylation sites (tertiary alicyclic amines) is 1. The van der Waals surface area contributed by atoms with Crippen molar-refractivity contribution in [1.29, 1.82) is 0 Å². The molecule has 3 heterocycles. The number of benzene rings is 1. The van der Waals surface area contributed by atoms with E-state index in [2.05, 4.69) is 39.2 Å². The van der Waals surface area contributed by atoms with Crippen molar-refractivity contribution in [2.24, 2.45) is 12.0 Å². The molecule has 1 unspecified atom stereocenters. The van der Waals surface area contributed by atoms with E-state index in [0.717, 1.165) is 54.8 Å². The molecule has 29 heavy (non-hydrogen) atoms. The van der Waals surface area contributed by atoms with Gasteiger partial charge in [0.1, 0.15) is 18.1 Å². The van der Waals surface area contributed by atoms with Gasteiger partial charge in [0, 0.05) is 20.1 Å². The predicted molar refractivity (Wildman–Crippen MR) is 116 cm³/mol. The Balaban J connectivity index is 1.46. The number of aromatic nitrogens is 2. The Morgan fingerprint density at radius 3 is 2.72 bits per heavy atom. The Kier molecular flexibility index (Phi) is 6.14. The van der Waals surface area contributed by atoms with E-state index < -0.39 is 0 Å². The molecule has 1 aliphatic rings. The minimum absolute atomic E-state index is 0.215. The molecule has 1 atom stereocenters. The molecule has 2 aromatic heterocycles. The molecule has 0 saturated carbocycles. The number of aryl methyl sites for hydroxylation is 1. The number of hydrogen-bond donors (Lipinski definition) is 2. The number of rotatable bonds is 7. The number of imidazole rings is 1. The van der Waals surface area contributed by atoms with Crippen LogP contribution in [0, 0.1) is 0 Å². The fraction of sp³-hybridized carbons (Fsp3) is 0.455. The van der Waals surface area contributed by atoms with Crippen LogP contribution in [0.25, 0.3) is 11.0 Å². The third-order valence-electron chi connectivity index (χ3n) is 5.52. The molecule has 0 aliphatic carbocycles. The van der Waals surface area contributed by atoms with E-state index in [-0.39, 0.29) is 6.04 Å². The molecule has 1 fully saturated rings. The highest BCUT2D eigenvalue weighted by Gasteiger charge is 2.25. The van der Waals surface area contributed by atoms with Crippen molar-refractivity contribution in [3.8, 4) is 0 Å². The molecule has 1 saturated heterocycles. The van der Waals surface area contributed by atoms with E-state index in [9.17, 15) is 0 Å². The lowest BCUT2D eigenvalue weighted by Gasteiger charge is -2.26. The van der Waals surface area contributed by atoms with Gasteiger partial charge in [0.05, 0.1) is 23.3 Å². The summed E-state index contributed by atoms with van der Waals surface area (Å²) in [5.41, 5.74) is 2.13. The fourth-order valence-electron chi connectivity index (χ4n) is 3.97. The number of furan rings is 1. The summed E-state index contributed by atoms with van der Waals surface area (Å²) in [6.07, 6.45) is 4.25. The minimum atomic E-state index is 0.215. The molecule has 1 aromatic carbocycles. The second-order valence-electron chi connectivity index (χ2n) is 7.43. The Morgan fingerprint density at radius 1 is 1.17 bits per heavy atom. The molecule has 7 nitrogen and oxygen atoms in total. The summed E-state index contributed by atoms with van der Waals surface area (Å²) in [6, 6.07) is 12.4. The molecular formula is C22H30N6O. The van der Waals surface area contributed by atoms with Gasteiger partial charge in [-0.05, 0) is 57.1 Å². The molecule has 0 radical (unpaired) electrons. The van der Waals surface area contributed by atoms with E-state index in [1.807, 2.05) is 31.3 Å². The van der Waals surface area contributed by atoms with Crippen LogP contribution in [0.1, 0.15) is 37.4 Å². The van der Waals surface area contributed by atoms with Crippen LogP contribution < -0.4 is 10.6 Å². The van der Waals surface area contributed by atoms with Crippen LogP contribution in [-0.4, -0.2) is 46.6 Å². The zero-order chi connectivity index (χ0) is 20.1. The Bertz CT molecular complexity index is 940. The number of nitrogens with one attached hydrogen (secondary N) is 2. The largest absolute Gasteiger partial charge is 0.468 e. The highest BCUT2D eigenvalue weighted by atomic mass is 16.3. The predicted octanol–water partition coefficient (Wildman–Crippen LogP) is 3.06. The highest BCUT2D eigenvalue weighted by Crippen LogP contribution is 2.24. The van der Waals surface area contributed by atoms with Gasteiger partial charge in [-0.2, -0.15) is 0 Å². The first-order valence-corrected chi connectivity index (χ1v) is 10.5. The molecule has 1 aliphatic heterocycles. The second-order valence-corrected chi connectivity index (χ2v) is 7.43. The van der Waals surface area contributed by atoms with Gasteiger partial charge >= 0.3 is 0 Å². The number of hydrogen-bond acceptors (Lipinski definition) is 4. The summed E-state index contributed by atoms with van der Waals surface area (Å²) in [7, 11) is 2.04. The standard InChI is InChI=1S/C22H30N6O/c1-3-23-22(25-16-21-26-17-9-4-5-10-18(17)27(21)2)24-15-19(20-11-8-14-29-20)28-12-6-7-13-28/h4-5,8-11,14,19H,3,6-7,12-13,15-16H2,1-2H3,(H2,23,24,25). The van der Waals surface area contributed by atoms with Crippen molar-refractivity contribution in [3.63, 3.8) is 0 Å². The van der Waals surface area contributed by atoms with Gasteiger partial charge in [0.2, 0.25) is 0 Å². The van der Waals surface area contributed by atoms with Crippen molar-refractivity contribution in [3.05, 3.63) is 54.2 Å². The van der Waals surface area contributed by atoms with Crippen LogP contribution in [0.5, 0.6) is 0 Å². The monoisotopic (exact) mass is 394 g/mol. The van der Waals surface area contributed by atoms with E-state index >= 15 is 0 Å². The summed E-state index contributed by atoms with van der Waals surface area (Å²) in [5, 5.41) is 6.86. The number of fused-ring (bicyclic) bond motifs is 1. The Hall–Kier alpha value is -2.80. The molecular weight excluding hydrogens is 364 g/mol. The number of nitrogens with zero attached hydrogens (tertiary/aromatic N) is 4. The topological polar surface area (TPSA) is 70.6 Å². The maximum atomic E-state index is 5.72. The average Bonchev–Trinajstić information content (AvgIpc) is 3.49. The van der Waals surface area contributed by atoms with Crippen molar-refractivity contribution in [1.82, 2.24) is 25.1 Å². The van der Waals surface area contributed by atoms with Crippen molar-refractivity contribution in [2.75, 3.05) is 26.2 Å². The average molecular weight is 395 g/mol. The van der Waals surface area contributed by atoms with Gasteiger partial charge < -0.3 is 19.6 Å².